The minimum atomic E-state index is -4.83. The summed E-state index contributed by atoms with van der Waals surface area (Å²) >= 11 is 6.41. The van der Waals surface area contributed by atoms with E-state index in [1.165, 1.54) is 19.1 Å². The number of anilines is 2. The predicted molar refractivity (Wildman–Crippen MR) is 127 cm³/mol. The van der Waals surface area contributed by atoms with Crippen molar-refractivity contribution < 1.29 is 17.1 Å². The van der Waals surface area contributed by atoms with Crippen LogP contribution in [0.3, 0.4) is 0 Å². The van der Waals surface area contributed by atoms with E-state index in [2.05, 4.69) is 20.6 Å². The van der Waals surface area contributed by atoms with Crippen molar-refractivity contribution in [2.45, 2.75) is 37.9 Å². The van der Waals surface area contributed by atoms with Gasteiger partial charge in [0, 0.05) is 22.9 Å². The summed E-state index contributed by atoms with van der Waals surface area (Å²) in [5.41, 5.74) is 12.7. The Bertz CT molecular complexity index is 1280. The van der Waals surface area contributed by atoms with Gasteiger partial charge < -0.3 is 22.1 Å². The molecule has 0 spiro atoms. The van der Waals surface area contributed by atoms with E-state index in [9.17, 15) is 17.1 Å². The Labute approximate surface area is 195 Å². The quantitative estimate of drug-likeness (QED) is 0.467. The van der Waals surface area contributed by atoms with Gasteiger partial charge in [0.15, 0.2) is 0 Å². The van der Waals surface area contributed by atoms with Crippen LogP contribution in [0, 0.1) is 6.92 Å². The molecule has 3 rings (SSSR count). The largest absolute Gasteiger partial charge is 0.369 e. The molecule has 0 unspecified atom stereocenters. The Hall–Kier alpha value is -3.38. The fourth-order valence-electron chi connectivity index (χ4n) is 3.42. The lowest BCUT2D eigenvalue weighted by Crippen LogP contribution is -2.54. The summed E-state index contributed by atoms with van der Waals surface area (Å²) in [6.07, 6.45) is 0. The maximum Gasteiger partial charge on any atom is 0.332 e. The molecule has 33 heavy (non-hydrogen) atoms. The number of guanidine groups is 2. The Morgan fingerprint density at radius 2 is 1.91 bits per heavy atom. The van der Waals surface area contributed by atoms with Crippen LogP contribution in [-0.4, -0.2) is 32.0 Å². The number of hydrogen-bond donors (Lipinski definition) is 4. The van der Waals surface area contributed by atoms with Crippen molar-refractivity contribution in [3.63, 3.8) is 0 Å². The standard InChI is InChI=1S/C20H23ClFN7O3S/c1-11-8-13(5-7-16(11)33(22,31)32)26-19(30)25-10-12-4-6-14(9-15(12)21)29-18(24)27-17(23)28-20(29,2)3/h4-9H,10H2,1-3H3,(H2,25,26,30)(H4,23,24,27,28). The number of carbonyl (C=O) groups excluding carboxylic acids is 1. The van der Waals surface area contributed by atoms with E-state index in [0.29, 0.717) is 22.0 Å². The van der Waals surface area contributed by atoms with Crippen LogP contribution >= 0.6 is 11.6 Å². The molecule has 2 aromatic rings. The summed E-state index contributed by atoms with van der Waals surface area (Å²) < 4.78 is 35.3. The number of aliphatic imine (C=N–C) groups is 2. The van der Waals surface area contributed by atoms with Gasteiger partial charge in [-0.2, -0.15) is 13.4 Å². The molecule has 2 amide bonds. The summed E-state index contributed by atoms with van der Waals surface area (Å²) in [7, 11) is -4.83. The van der Waals surface area contributed by atoms with E-state index in [0.717, 1.165) is 6.07 Å². The third-order valence-electron chi connectivity index (χ3n) is 4.82. The maximum atomic E-state index is 13.2. The van der Waals surface area contributed by atoms with Gasteiger partial charge in [0.25, 0.3) is 0 Å². The van der Waals surface area contributed by atoms with Gasteiger partial charge in [-0.3, -0.25) is 4.90 Å². The average molecular weight is 496 g/mol. The molecule has 0 saturated heterocycles. The van der Waals surface area contributed by atoms with E-state index < -0.39 is 26.8 Å². The van der Waals surface area contributed by atoms with E-state index in [-0.39, 0.29) is 24.0 Å². The van der Waals surface area contributed by atoms with Crippen LogP contribution in [0.4, 0.5) is 20.1 Å². The van der Waals surface area contributed by atoms with Gasteiger partial charge >= 0.3 is 16.3 Å². The Balaban J connectivity index is 1.67. The van der Waals surface area contributed by atoms with Gasteiger partial charge in [0.2, 0.25) is 11.9 Å². The van der Waals surface area contributed by atoms with Crippen molar-refractivity contribution >= 4 is 51.1 Å². The molecule has 0 aromatic heterocycles. The monoisotopic (exact) mass is 495 g/mol. The van der Waals surface area contributed by atoms with Gasteiger partial charge in [0.05, 0.1) is 0 Å². The fraction of sp³-hybridized carbons (Fsp3) is 0.250. The summed E-state index contributed by atoms with van der Waals surface area (Å²) in [6, 6.07) is 8.36. The van der Waals surface area contributed by atoms with Crippen LogP contribution in [0.2, 0.25) is 5.02 Å². The summed E-state index contributed by atoms with van der Waals surface area (Å²) in [4.78, 5) is 21.8. The molecular weight excluding hydrogens is 473 g/mol. The van der Waals surface area contributed by atoms with Gasteiger partial charge in [-0.05, 0) is 62.2 Å². The smallest absolute Gasteiger partial charge is 0.332 e. The van der Waals surface area contributed by atoms with Crippen molar-refractivity contribution in [2.24, 2.45) is 21.5 Å². The Kier molecular flexibility index (Phi) is 6.52. The zero-order valence-corrected chi connectivity index (χ0v) is 19.6. The topological polar surface area (TPSA) is 155 Å². The third kappa shape index (κ3) is 5.52. The van der Waals surface area contributed by atoms with Crippen molar-refractivity contribution in [1.29, 1.82) is 0 Å². The SMILES string of the molecule is Cc1cc(NC(=O)NCc2ccc(N3C(N)=NC(N)=NC3(C)C)cc2Cl)ccc1S(=O)(=O)F. The lowest BCUT2D eigenvalue weighted by atomic mass is 10.1. The first-order valence-corrected chi connectivity index (χ1v) is 11.4. The lowest BCUT2D eigenvalue weighted by Gasteiger charge is -2.38. The van der Waals surface area contributed by atoms with Crippen LogP contribution in [0.25, 0.3) is 0 Å². The highest BCUT2D eigenvalue weighted by molar-refractivity contribution is 7.86. The zero-order chi connectivity index (χ0) is 24.6. The highest BCUT2D eigenvalue weighted by atomic mass is 35.5. The van der Waals surface area contributed by atoms with Crippen molar-refractivity contribution in [1.82, 2.24) is 5.32 Å². The minimum Gasteiger partial charge on any atom is -0.369 e. The molecule has 0 aliphatic carbocycles. The number of rotatable bonds is 5. The second-order valence-electron chi connectivity index (χ2n) is 7.77. The molecule has 1 aliphatic heterocycles. The molecule has 0 atom stereocenters. The van der Waals surface area contributed by atoms with Crippen LogP contribution < -0.4 is 27.0 Å². The molecule has 0 bridgehead atoms. The van der Waals surface area contributed by atoms with Gasteiger partial charge in [0.1, 0.15) is 10.6 Å². The molecule has 1 heterocycles. The second kappa shape index (κ2) is 8.87. The lowest BCUT2D eigenvalue weighted by molar-refractivity contribution is 0.251. The molecule has 176 valence electrons. The number of amides is 2. The molecule has 0 radical (unpaired) electrons. The number of urea groups is 1. The molecule has 1 aliphatic rings. The second-order valence-corrected chi connectivity index (χ2v) is 9.49. The molecule has 0 fully saturated rings. The Morgan fingerprint density at radius 3 is 2.48 bits per heavy atom. The molecule has 0 saturated carbocycles. The molecule has 6 N–H and O–H groups in total. The summed E-state index contributed by atoms with van der Waals surface area (Å²) in [5, 5.41) is 5.59. The van der Waals surface area contributed by atoms with Crippen molar-refractivity contribution in [3.05, 3.63) is 52.5 Å². The summed E-state index contributed by atoms with van der Waals surface area (Å²) in [5.74, 6) is 0.263. The average Bonchev–Trinajstić information content (AvgIpc) is 2.64. The van der Waals surface area contributed by atoms with Crippen LogP contribution in [-0.2, 0) is 16.8 Å². The first kappa shape index (κ1) is 24.3. The minimum absolute atomic E-state index is 0.0860. The number of carbonyl (C=O) groups is 1. The molecule has 2 aromatic carbocycles. The maximum absolute atomic E-state index is 13.2. The van der Waals surface area contributed by atoms with E-state index >= 15 is 0 Å². The van der Waals surface area contributed by atoms with Crippen LogP contribution in [0.15, 0.2) is 51.3 Å². The number of halogens is 2. The number of hydrogen-bond acceptors (Lipinski definition) is 8. The number of aryl methyl sites for hydroxylation is 1. The number of nitrogens with two attached hydrogens (primary N) is 2. The molecule has 13 heteroatoms. The molecular formula is C20H23ClFN7O3S. The predicted octanol–water partition coefficient (Wildman–Crippen LogP) is 2.81. The number of nitrogens with zero attached hydrogens (tertiary/aromatic N) is 3. The van der Waals surface area contributed by atoms with Crippen LogP contribution in [0.1, 0.15) is 25.0 Å². The Morgan fingerprint density at radius 1 is 1.21 bits per heavy atom. The first-order chi connectivity index (χ1) is 15.3. The van der Waals surface area contributed by atoms with Gasteiger partial charge in [-0.25, -0.2) is 9.79 Å². The van der Waals surface area contributed by atoms with Crippen LogP contribution in [0.5, 0.6) is 0 Å². The normalized spacial score (nSPS) is 15.5. The summed E-state index contributed by atoms with van der Waals surface area (Å²) in [6.45, 7) is 5.19. The molecule has 10 nitrogen and oxygen atoms in total. The number of nitrogens with one attached hydrogen (secondary N) is 2. The van der Waals surface area contributed by atoms with Crippen molar-refractivity contribution in [3.8, 4) is 0 Å². The van der Waals surface area contributed by atoms with Gasteiger partial charge in [-0.15, -0.1) is 3.89 Å². The first-order valence-electron chi connectivity index (χ1n) is 9.66. The zero-order valence-electron chi connectivity index (χ0n) is 18.1. The highest BCUT2D eigenvalue weighted by Crippen LogP contribution is 2.31. The van der Waals surface area contributed by atoms with Crippen molar-refractivity contribution in [2.75, 3.05) is 10.2 Å². The number of benzene rings is 2. The highest BCUT2D eigenvalue weighted by Gasteiger charge is 2.33. The van der Waals surface area contributed by atoms with E-state index in [1.807, 2.05) is 13.8 Å². The fourth-order valence-corrected chi connectivity index (χ4v) is 4.34. The third-order valence-corrected chi connectivity index (χ3v) is 6.16. The van der Waals surface area contributed by atoms with Gasteiger partial charge in [-0.1, -0.05) is 17.7 Å². The van der Waals surface area contributed by atoms with E-state index in [1.54, 1.807) is 23.1 Å². The van der Waals surface area contributed by atoms with E-state index in [4.69, 9.17) is 23.1 Å².